The molecule has 90 valence electrons. The molecule has 8 heteroatoms. The van der Waals surface area contributed by atoms with Gasteiger partial charge in [0.25, 0.3) is 10.0 Å². The zero-order valence-corrected chi connectivity index (χ0v) is 12.2. The summed E-state index contributed by atoms with van der Waals surface area (Å²) in [4.78, 5) is 3.86. The molecule has 0 radical (unpaired) electrons. The molecule has 0 unspecified atom stereocenters. The van der Waals surface area contributed by atoms with Gasteiger partial charge in [0.15, 0.2) is 4.21 Å². The highest BCUT2D eigenvalue weighted by Crippen LogP contribution is 2.28. The zero-order chi connectivity index (χ0) is 12.5. The fourth-order valence-corrected chi connectivity index (χ4v) is 4.62. The number of hydrogen-bond donors (Lipinski definition) is 1. The molecule has 0 aromatic carbocycles. The minimum Gasteiger partial charge on any atom is -0.263 e. The van der Waals surface area contributed by atoms with Crippen LogP contribution >= 0.6 is 38.9 Å². The van der Waals surface area contributed by atoms with E-state index in [1.54, 1.807) is 23.6 Å². The first-order chi connectivity index (χ1) is 7.99. The van der Waals surface area contributed by atoms with Crippen LogP contribution in [-0.4, -0.2) is 13.4 Å². The normalized spacial score (nSPS) is 11.4. The number of pyridine rings is 1. The Balaban J connectivity index is 2.33. The van der Waals surface area contributed by atoms with Crippen LogP contribution in [0.2, 0.25) is 5.15 Å². The molecule has 2 aromatic heterocycles. The van der Waals surface area contributed by atoms with Crippen molar-refractivity contribution >= 4 is 54.7 Å². The Morgan fingerprint density at radius 2 is 2.12 bits per heavy atom. The maximum Gasteiger partial charge on any atom is 0.273 e. The van der Waals surface area contributed by atoms with Gasteiger partial charge in [0.2, 0.25) is 0 Å². The van der Waals surface area contributed by atoms with Gasteiger partial charge in [-0.25, -0.2) is 13.4 Å². The number of aromatic nitrogens is 1. The Bertz CT molecular complexity index is 642. The van der Waals surface area contributed by atoms with Crippen molar-refractivity contribution in [3.63, 3.8) is 0 Å². The van der Waals surface area contributed by atoms with E-state index in [2.05, 4.69) is 25.6 Å². The van der Waals surface area contributed by atoms with Gasteiger partial charge in [0.05, 0.1) is 0 Å². The van der Waals surface area contributed by atoms with E-state index < -0.39 is 10.0 Å². The molecule has 4 nitrogen and oxygen atoms in total. The van der Waals surface area contributed by atoms with Gasteiger partial charge < -0.3 is 0 Å². The molecule has 0 atom stereocenters. The van der Waals surface area contributed by atoms with E-state index >= 15 is 0 Å². The summed E-state index contributed by atoms with van der Waals surface area (Å²) in [5.41, 5.74) is 0. The first-order valence-corrected chi connectivity index (χ1v) is 7.91. The van der Waals surface area contributed by atoms with Gasteiger partial charge in [0.1, 0.15) is 11.0 Å². The average molecular weight is 354 g/mol. The van der Waals surface area contributed by atoms with Crippen molar-refractivity contribution in [2.75, 3.05) is 4.72 Å². The number of anilines is 1. The molecule has 17 heavy (non-hydrogen) atoms. The van der Waals surface area contributed by atoms with Gasteiger partial charge in [-0.1, -0.05) is 17.7 Å². The summed E-state index contributed by atoms with van der Waals surface area (Å²) in [6.45, 7) is 0. The van der Waals surface area contributed by atoms with Gasteiger partial charge in [-0.2, -0.15) is 0 Å². The summed E-state index contributed by atoms with van der Waals surface area (Å²) in [5, 5.41) is 1.92. The smallest absolute Gasteiger partial charge is 0.263 e. The molecule has 0 fully saturated rings. The molecule has 1 N–H and O–H groups in total. The Morgan fingerprint density at radius 3 is 2.71 bits per heavy atom. The number of thiophene rings is 1. The topological polar surface area (TPSA) is 59.1 Å². The van der Waals surface area contributed by atoms with E-state index in [0.717, 1.165) is 11.3 Å². The van der Waals surface area contributed by atoms with Crippen molar-refractivity contribution in [1.82, 2.24) is 4.98 Å². The maximum absolute atomic E-state index is 12.0. The predicted octanol–water partition coefficient (Wildman–Crippen LogP) is 3.36. The van der Waals surface area contributed by atoms with Crippen LogP contribution in [0.15, 0.2) is 38.3 Å². The Hall–Kier alpha value is -0.630. The van der Waals surface area contributed by atoms with E-state index in [4.69, 9.17) is 11.6 Å². The third-order valence-electron chi connectivity index (χ3n) is 1.78. The van der Waals surface area contributed by atoms with Crippen LogP contribution in [0.4, 0.5) is 5.82 Å². The van der Waals surface area contributed by atoms with Crippen molar-refractivity contribution in [3.05, 3.63) is 39.3 Å². The number of nitrogens with zero attached hydrogens (tertiary/aromatic N) is 1. The standard InChI is InChI=1S/C9H6BrClN2O2S2/c10-6-4-5-16-9(6)17(14,15)13-8-3-1-2-7(11)12-8/h1-5H,(H,12,13). The highest BCUT2D eigenvalue weighted by Gasteiger charge is 2.19. The Morgan fingerprint density at radius 1 is 1.35 bits per heavy atom. The molecule has 2 heterocycles. The van der Waals surface area contributed by atoms with Crippen LogP contribution in [0.5, 0.6) is 0 Å². The zero-order valence-electron chi connectivity index (χ0n) is 8.22. The van der Waals surface area contributed by atoms with Crippen LogP contribution in [0.3, 0.4) is 0 Å². The maximum atomic E-state index is 12.0. The lowest BCUT2D eigenvalue weighted by Crippen LogP contribution is -2.12. The Labute approximate surface area is 116 Å². The largest absolute Gasteiger partial charge is 0.273 e. The molecular formula is C9H6BrClN2O2S2. The number of rotatable bonds is 3. The van der Waals surface area contributed by atoms with E-state index in [0.29, 0.717) is 4.47 Å². The molecule has 0 bridgehead atoms. The van der Waals surface area contributed by atoms with Crippen LogP contribution in [0.1, 0.15) is 0 Å². The summed E-state index contributed by atoms with van der Waals surface area (Å²) < 4.78 is 27.1. The molecule has 2 aromatic rings. The number of hydrogen-bond acceptors (Lipinski definition) is 4. The molecule has 0 spiro atoms. The van der Waals surface area contributed by atoms with Crippen LogP contribution in [0.25, 0.3) is 0 Å². The van der Waals surface area contributed by atoms with E-state index in [1.807, 2.05) is 0 Å². The lowest BCUT2D eigenvalue weighted by Gasteiger charge is -2.05. The number of halogens is 2. The predicted molar refractivity (Wildman–Crippen MR) is 72.1 cm³/mol. The molecular weight excluding hydrogens is 348 g/mol. The molecule has 0 aliphatic rings. The van der Waals surface area contributed by atoms with Crippen molar-refractivity contribution in [2.24, 2.45) is 0 Å². The minimum atomic E-state index is -3.62. The fourth-order valence-electron chi connectivity index (χ4n) is 1.12. The quantitative estimate of drug-likeness (QED) is 0.861. The first-order valence-electron chi connectivity index (χ1n) is 4.37. The summed E-state index contributed by atoms with van der Waals surface area (Å²) in [6, 6.07) is 6.40. The highest BCUT2D eigenvalue weighted by molar-refractivity contribution is 9.10. The SMILES string of the molecule is O=S(=O)(Nc1cccc(Cl)n1)c1sccc1Br. The molecule has 0 amide bonds. The summed E-state index contributed by atoms with van der Waals surface area (Å²) >= 11 is 9.97. The minimum absolute atomic E-state index is 0.192. The second-order valence-corrected chi connectivity index (χ2v) is 7.04. The van der Waals surface area contributed by atoms with Gasteiger partial charge in [-0.05, 0) is 39.5 Å². The molecule has 0 saturated carbocycles. The fraction of sp³-hybridized carbons (Fsp3) is 0. The van der Waals surface area contributed by atoms with Crippen LogP contribution in [0, 0.1) is 0 Å². The average Bonchev–Trinajstić information content (AvgIpc) is 2.64. The van der Waals surface area contributed by atoms with E-state index in [-0.39, 0.29) is 15.2 Å². The first kappa shape index (κ1) is 12.8. The highest BCUT2D eigenvalue weighted by atomic mass is 79.9. The summed E-state index contributed by atoms with van der Waals surface area (Å²) in [6.07, 6.45) is 0. The second kappa shape index (κ2) is 4.93. The third kappa shape index (κ3) is 2.98. The molecule has 0 aliphatic carbocycles. The van der Waals surface area contributed by atoms with Crippen molar-refractivity contribution in [1.29, 1.82) is 0 Å². The lowest BCUT2D eigenvalue weighted by atomic mass is 10.5. The molecule has 2 rings (SSSR count). The van der Waals surface area contributed by atoms with Crippen molar-refractivity contribution < 1.29 is 8.42 Å². The van der Waals surface area contributed by atoms with Gasteiger partial charge in [-0.3, -0.25) is 4.72 Å². The van der Waals surface area contributed by atoms with E-state index in [1.165, 1.54) is 6.07 Å². The lowest BCUT2D eigenvalue weighted by molar-refractivity contribution is 0.602. The molecule has 0 saturated heterocycles. The van der Waals surface area contributed by atoms with Gasteiger partial charge in [-0.15, -0.1) is 11.3 Å². The second-order valence-electron chi connectivity index (χ2n) is 3.01. The van der Waals surface area contributed by atoms with E-state index in [9.17, 15) is 8.42 Å². The number of sulfonamides is 1. The Kier molecular flexibility index (Phi) is 3.72. The number of nitrogens with one attached hydrogen (secondary N) is 1. The third-order valence-corrected chi connectivity index (χ3v) is 6.02. The monoisotopic (exact) mass is 352 g/mol. The summed E-state index contributed by atoms with van der Waals surface area (Å²) in [5.74, 6) is 0.192. The van der Waals surface area contributed by atoms with Crippen LogP contribution in [-0.2, 0) is 10.0 Å². The van der Waals surface area contributed by atoms with Gasteiger partial charge in [0, 0.05) is 4.47 Å². The van der Waals surface area contributed by atoms with Crippen LogP contribution < -0.4 is 4.72 Å². The summed E-state index contributed by atoms with van der Waals surface area (Å²) in [7, 11) is -3.62. The van der Waals surface area contributed by atoms with Gasteiger partial charge >= 0.3 is 0 Å². The van der Waals surface area contributed by atoms with Crippen molar-refractivity contribution in [2.45, 2.75) is 4.21 Å². The van der Waals surface area contributed by atoms with Crippen molar-refractivity contribution in [3.8, 4) is 0 Å². The molecule has 0 aliphatic heterocycles.